The summed E-state index contributed by atoms with van der Waals surface area (Å²) in [5, 5.41) is 0. The van der Waals surface area contributed by atoms with Crippen molar-refractivity contribution in [2.45, 2.75) is 26.9 Å². The number of fused-ring (bicyclic) bond motifs is 1. The molecule has 0 aliphatic rings. The van der Waals surface area contributed by atoms with Gasteiger partial charge in [0.15, 0.2) is 6.10 Å². The van der Waals surface area contributed by atoms with E-state index in [4.69, 9.17) is 4.74 Å². The molecule has 1 aromatic heterocycles. The van der Waals surface area contributed by atoms with Gasteiger partial charge in [-0.05, 0) is 44.5 Å². The number of benzene rings is 2. The molecule has 0 fully saturated rings. The number of hydrogen-bond donors (Lipinski definition) is 1. The molecule has 3 aromatic rings. The summed E-state index contributed by atoms with van der Waals surface area (Å²) in [5.41, 5.74) is 4.40. The number of nitrogens with one attached hydrogen (secondary N) is 1. The van der Waals surface area contributed by atoms with E-state index in [1.165, 1.54) is 5.56 Å². The van der Waals surface area contributed by atoms with Crippen molar-refractivity contribution in [2.75, 3.05) is 0 Å². The first-order chi connectivity index (χ1) is 9.63. The van der Waals surface area contributed by atoms with Gasteiger partial charge in [0.1, 0.15) is 11.6 Å². The van der Waals surface area contributed by atoms with Crippen LogP contribution in [-0.2, 0) is 0 Å². The van der Waals surface area contributed by atoms with Gasteiger partial charge in [0.2, 0.25) is 0 Å². The Morgan fingerprint density at radius 1 is 1.10 bits per heavy atom. The SMILES string of the molecule is Cc1ccc(OC(C)c2nc3ccccc3[nH]2)c(C)c1. The van der Waals surface area contributed by atoms with Gasteiger partial charge in [0.05, 0.1) is 11.0 Å². The Morgan fingerprint density at radius 2 is 1.90 bits per heavy atom. The molecule has 1 unspecified atom stereocenters. The van der Waals surface area contributed by atoms with Crippen molar-refractivity contribution in [1.82, 2.24) is 9.97 Å². The summed E-state index contributed by atoms with van der Waals surface area (Å²) in [6.07, 6.45) is -0.108. The summed E-state index contributed by atoms with van der Waals surface area (Å²) in [7, 11) is 0. The van der Waals surface area contributed by atoms with Crippen LogP contribution in [0.5, 0.6) is 5.75 Å². The zero-order valence-corrected chi connectivity index (χ0v) is 12.0. The summed E-state index contributed by atoms with van der Waals surface area (Å²) >= 11 is 0. The number of para-hydroxylation sites is 2. The van der Waals surface area contributed by atoms with Crippen LogP contribution < -0.4 is 4.74 Å². The van der Waals surface area contributed by atoms with E-state index < -0.39 is 0 Å². The molecule has 3 nitrogen and oxygen atoms in total. The van der Waals surface area contributed by atoms with E-state index in [2.05, 4.69) is 35.9 Å². The molecule has 1 N–H and O–H groups in total. The zero-order chi connectivity index (χ0) is 14.1. The van der Waals surface area contributed by atoms with Crippen molar-refractivity contribution < 1.29 is 4.74 Å². The second-order valence-electron chi connectivity index (χ2n) is 5.17. The van der Waals surface area contributed by atoms with Crippen LogP contribution in [0.1, 0.15) is 30.0 Å². The van der Waals surface area contributed by atoms with Gasteiger partial charge in [-0.15, -0.1) is 0 Å². The molecular formula is C17H18N2O. The van der Waals surface area contributed by atoms with Gasteiger partial charge in [0, 0.05) is 0 Å². The Bertz CT molecular complexity index is 713. The highest BCUT2D eigenvalue weighted by molar-refractivity contribution is 5.74. The molecule has 2 aromatic carbocycles. The normalized spacial score (nSPS) is 12.6. The highest BCUT2D eigenvalue weighted by atomic mass is 16.5. The molecule has 0 radical (unpaired) electrons. The zero-order valence-electron chi connectivity index (χ0n) is 12.0. The number of hydrogen-bond acceptors (Lipinski definition) is 2. The lowest BCUT2D eigenvalue weighted by Crippen LogP contribution is -2.06. The minimum absolute atomic E-state index is 0.108. The molecule has 0 saturated heterocycles. The molecule has 3 rings (SSSR count). The van der Waals surface area contributed by atoms with Crippen LogP contribution >= 0.6 is 0 Å². The number of aryl methyl sites for hydroxylation is 2. The maximum absolute atomic E-state index is 6.02. The second kappa shape index (κ2) is 5.00. The number of imidazole rings is 1. The lowest BCUT2D eigenvalue weighted by Gasteiger charge is -2.14. The number of aromatic nitrogens is 2. The molecule has 20 heavy (non-hydrogen) atoms. The summed E-state index contributed by atoms with van der Waals surface area (Å²) < 4.78 is 6.02. The fourth-order valence-corrected chi connectivity index (χ4v) is 2.34. The summed E-state index contributed by atoms with van der Waals surface area (Å²) in [6.45, 7) is 6.16. The van der Waals surface area contributed by atoms with Crippen molar-refractivity contribution in [3.8, 4) is 5.75 Å². The molecule has 102 valence electrons. The maximum atomic E-state index is 6.02. The highest BCUT2D eigenvalue weighted by Gasteiger charge is 2.13. The van der Waals surface area contributed by atoms with Crippen LogP contribution in [0.4, 0.5) is 0 Å². The molecular weight excluding hydrogens is 248 g/mol. The van der Waals surface area contributed by atoms with E-state index in [1.807, 2.05) is 37.3 Å². The molecule has 0 aliphatic heterocycles. The third-order valence-corrected chi connectivity index (χ3v) is 3.43. The second-order valence-corrected chi connectivity index (χ2v) is 5.17. The van der Waals surface area contributed by atoms with Gasteiger partial charge in [-0.1, -0.05) is 29.8 Å². The smallest absolute Gasteiger partial charge is 0.153 e. The van der Waals surface area contributed by atoms with Crippen LogP contribution in [0.15, 0.2) is 42.5 Å². The van der Waals surface area contributed by atoms with E-state index in [9.17, 15) is 0 Å². The maximum Gasteiger partial charge on any atom is 0.153 e. The van der Waals surface area contributed by atoms with Crippen molar-refractivity contribution in [3.63, 3.8) is 0 Å². The molecule has 3 heteroatoms. The molecule has 0 amide bonds. The van der Waals surface area contributed by atoms with E-state index in [1.54, 1.807) is 0 Å². The van der Waals surface area contributed by atoms with Crippen molar-refractivity contribution in [3.05, 3.63) is 59.4 Å². The topological polar surface area (TPSA) is 37.9 Å². The number of H-pyrrole nitrogens is 1. The molecule has 0 spiro atoms. The van der Waals surface area contributed by atoms with Crippen LogP contribution in [0.25, 0.3) is 11.0 Å². The Balaban J connectivity index is 1.86. The van der Waals surface area contributed by atoms with E-state index in [0.717, 1.165) is 28.2 Å². The number of nitrogens with zero attached hydrogens (tertiary/aromatic N) is 1. The van der Waals surface area contributed by atoms with Crippen LogP contribution in [-0.4, -0.2) is 9.97 Å². The van der Waals surface area contributed by atoms with Crippen LogP contribution in [0, 0.1) is 13.8 Å². The quantitative estimate of drug-likeness (QED) is 0.766. The minimum atomic E-state index is -0.108. The summed E-state index contributed by atoms with van der Waals surface area (Å²) in [6, 6.07) is 14.2. The lowest BCUT2D eigenvalue weighted by molar-refractivity contribution is 0.216. The minimum Gasteiger partial charge on any atom is -0.483 e. The van der Waals surface area contributed by atoms with Gasteiger partial charge < -0.3 is 9.72 Å². The van der Waals surface area contributed by atoms with E-state index >= 15 is 0 Å². The Labute approximate surface area is 118 Å². The molecule has 0 bridgehead atoms. The molecule has 0 saturated carbocycles. The average molecular weight is 266 g/mol. The number of aromatic amines is 1. The number of ether oxygens (including phenoxy) is 1. The first-order valence-corrected chi connectivity index (χ1v) is 6.82. The molecule has 0 aliphatic carbocycles. The van der Waals surface area contributed by atoms with Gasteiger partial charge in [-0.2, -0.15) is 0 Å². The van der Waals surface area contributed by atoms with Crippen molar-refractivity contribution in [1.29, 1.82) is 0 Å². The standard InChI is InChI=1S/C17H18N2O/c1-11-8-9-16(12(2)10-11)20-13(3)17-18-14-6-4-5-7-15(14)19-17/h4-10,13H,1-3H3,(H,18,19). The van der Waals surface area contributed by atoms with E-state index in [0.29, 0.717) is 0 Å². The number of rotatable bonds is 3. The largest absolute Gasteiger partial charge is 0.483 e. The van der Waals surface area contributed by atoms with Crippen LogP contribution in [0.2, 0.25) is 0 Å². The van der Waals surface area contributed by atoms with Gasteiger partial charge >= 0.3 is 0 Å². The summed E-state index contributed by atoms with van der Waals surface area (Å²) in [5.74, 6) is 1.76. The fourth-order valence-electron chi connectivity index (χ4n) is 2.34. The van der Waals surface area contributed by atoms with Crippen molar-refractivity contribution in [2.24, 2.45) is 0 Å². The monoisotopic (exact) mass is 266 g/mol. The van der Waals surface area contributed by atoms with Crippen molar-refractivity contribution >= 4 is 11.0 Å². The van der Waals surface area contributed by atoms with Gasteiger partial charge in [-0.3, -0.25) is 0 Å². The van der Waals surface area contributed by atoms with E-state index in [-0.39, 0.29) is 6.10 Å². The third kappa shape index (κ3) is 2.39. The Kier molecular flexibility index (Phi) is 3.18. The Morgan fingerprint density at radius 3 is 2.65 bits per heavy atom. The molecule has 1 heterocycles. The molecule has 1 atom stereocenters. The first-order valence-electron chi connectivity index (χ1n) is 6.82. The summed E-state index contributed by atoms with van der Waals surface area (Å²) in [4.78, 5) is 7.89. The highest BCUT2D eigenvalue weighted by Crippen LogP contribution is 2.25. The Hall–Kier alpha value is -2.29. The lowest BCUT2D eigenvalue weighted by atomic mass is 10.1. The third-order valence-electron chi connectivity index (χ3n) is 3.43. The first kappa shape index (κ1) is 12.7. The fraction of sp³-hybridized carbons (Fsp3) is 0.235. The predicted molar refractivity (Wildman–Crippen MR) is 81.1 cm³/mol. The predicted octanol–water partition coefficient (Wildman–Crippen LogP) is 4.32. The van der Waals surface area contributed by atoms with Gasteiger partial charge in [-0.25, -0.2) is 4.98 Å². The van der Waals surface area contributed by atoms with Crippen LogP contribution in [0.3, 0.4) is 0 Å². The van der Waals surface area contributed by atoms with Gasteiger partial charge in [0.25, 0.3) is 0 Å². The average Bonchev–Trinajstić information content (AvgIpc) is 2.86.